The van der Waals surface area contributed by atoms with Crippen LogP contribution in [0.1, 0.15) is 26.2 Å². The summed E-state index contributed by atoms with van der Waals surface area (Å²) in [5.74, 6) is -0.811. The Bertz CT molecular complexity index is 467. The van der Waals surface area contributed by atoms with Crippen molar-refractivity contribution in [1.29, 1.82) is 0 Å². The van der Waals surface area contributed by atoms with Crippen LogP contribution in [0.15, 0.2) is 18.2 Å². The monoisotopic (exact) mass is 268 g/mol. The number of nitrogens with zero attached hydrogens (tertiary/aromatic N) is 1. The Morgan fingerprint density at radius 1 is 1.58 bits per heavy atom. The molecular weight excluding hydrogens is 251 g/mol. The first kappa shape index (κ1) is 13.7. The van der Waals surface area contributed by atoms with Gasteiger partial charge in [-0.25, -0.2) is 0 Å². The molecule has 1 aliphatic rings. The number of benzene rings is 1. The molecule has 1 fully saturated rings. The number of ether oxygens (including phenoxy) is 1. The normalized spacial score (nSPS) is 23.1. The van der Waals surface area contributed by atoms with E-state index in [0.29, 0.717) is 12.3 Å². The Labute approximate surface area is 110 Å². The van der Waals surface area contributed by atoms with Crippen LogP contribution in [0.4, 0.5) is 15.8 Å². The molecule has 0 saturated carbocycles. The molecule has 0 aliphatic carbocycles. The minimum absolute atomic E-state index is 0.222. The predicted octanol–water partition coefficient (Wildman–Crippen LogP) is 3.10. The number of anilines is 1. The van der Waals surface area contributed by atoms with Crippen molar-refractivity contribution >= 4 is 11.4 Å². The second kappa shape index (κ2) is 5.97. The maximum atomic E-state index is 13.5. The molecule has 5 nitrogen and oxygen atoms in total. The van der Waals surface area contributed by atoms with Crippen molar-refractivity contribution in [2.24, 2.45) is 0 Å². The summed E-state index contributed by atoms with van der Waals surface area (Å²) in [6.45, 7) is 2.75. The average molecular weight is 268 g/mol. The van der Waals surface area contributed by atoms with Crippen molar-refractivity contribution in [2.75, 3.05) is 11.9 Å². The molecule has 0 amide bonds. The Morgan fingerprint density at radius 3 is 3.00 bits per heavy atom. The fourth-order valence-corrected chi connectivity index (χ4v) is 2.28. The zero-order chi connectivity index (χ0) is 13.8. The largest absolute Gasteiger partial charge is 0.382 e. The van der Waals surface area contributed by atoms with E-state index in [9.17, 15) is 14.5 Å². The lowest BCUT2D eigenvalue weighted by atomic mass is 10.0. The van der Waals surface area contributed by atoms with E-state index in [1.807, 2.05) is 0 Å². The molecule has 6 heteroatoms. The summed E-state index contributed by atoms with van der Waals surface area (Å²) in [6, 6.07) is 4.13. The number of nitro groups is 1. The van der Waals surface area contributed by atoms with E-state index in [2.05, 4.69) is 12.2 Å². The van der Waals surface area contributed by atoms with Crippen LogP contribution in [0.25, 0.3) is 0 Å². The first-order valence-corrected chi connectivity index (χ1v) is 6.42. The van der Waals surface area contributed by atoms with E-state index >= 15 is 0 Å². The van der Waals surface area contributed by atoms with Crippen LogP contribution in [-0.4, -0.2) is 23.7 Å². The fourth-order valence-electron chi connectivity index (χ4n) is 2.28. The third-order valence-electron chi connectivity index (χ3n) is 3.34. The number of hydrogen-bond acceptors (Lipinski definition) is 4. The van der Waals surface area contributed by atoms with Crippen LogP contribution in [0.3, 0.4) is 0 Å². The van der Waals surface area contributed by atoms with Gasteiger partial charge in [-0.3, -0.25) is 10.1 Å². The smallest absolute Gasteiger partial charge is 0.304 e. The molecule has 2 rings (SSSR count). The van der Waals surface area contributed by atoms with Gasteiger partial charge in [0, 0.05) is 30.5 Å². The maximum absolute atomic E-state index is 13.5. The second-order valence-corrected chi connectivity index (χ2v) is 4.69. The number of nitrogens with one attached hydrogen (secondary N) is 1. The second-order valence-electron chi connectivity index (χ2n) is 4.69. The SMILES string of the molecule is CCC1CC(Nc2ccc([N+](=O)[O-])c(F)c2)CCO1. The molecule has 19 heavy (non-hydrogen) atoms. The molecule has 0 bridgehead atoms. The van der Waals surface area contributed by atoms with Gasteiger partial charge in [-0.15, -0.1) is 0 Å². The molecule has 1 aliphatic heterocycles. The van der Waals surface area contributed by atoms with Crippen molar-refractivity contribution in [3.8, 4) is 0 Å². The fraction of sp³-hybridized carbons (Fsp3) is 0.538. The molecule has 104 valence electrons. The number of hydrogen-bond donors (Lipinski definition) is 1. The molecule has 0 radical (unpaired) electrons. The van der Waals surface area contributed by atoms with Gasteiger partial charge in [0.25, 0.3) is 0 Å². The van der Waals surface area contributed by atoms with Crippen LogP contribution in [0, 0.1) is 15.9 Å². The molecule has 1 heterocycles. The summed E-state index contributed by atoms with van der Waals surface area (Å²) in [5.41, 5.74) is 0.0776. The lowest BCUT2D eigenvalue weighted by Gasteiger charge is -2.30. The van der Waals surface area contributed by atoms with E-state index in [0.717, 1.165) is 19.3 Å². The topological polar surface area (TPSA) is 64.4 Å². The van der Waals surface area contributed by atoms with Crippen LogP contribution < -0.4 is 5.32 Å². The number of nitro benzene ring substituents is 1. The van der Waals surface area contributed by atoms with Crippen molar-refractivity contribution in [2.45, 2.75) is 38.3 Å². The number of rotatable bonds is 4. The molecular formula is C13H17FN2O3. The highest BCUT2D eigenvalue weighted by molar-refractivity contribution is 5.50. The molecule has 1 aromatic rings. The van der Waals surface area contributed by atoms with Gasteiger partial charge in [0.05, 0.1) is 11.0 Å². The van der Waals surface area contributed by atoms with Gasteiger partial charge in [0.2, 0.25) is 5.82 Å². The first-order chi connectivity index (χ1) is 9.10. The van der Waals surface area contributed by atoms with Crippen molar-refractivity contribution in [3.05, 3.63) is 34.1 Å². The Kier molecular flexibility index (Phi) is 4.31. The minimum Gasteiger partial charge on any atom is -0.382 e. The van der Waals surface area contributed by atoms with E-state index < -0.39 is 16.4 Å². The molecule has 0 aromatic heterocycles. The highest BCUT2D eigenvalue weighted by Gasteiger charge is 2.22. The summed E-state index contributed by atoms with van der Waals surface area (Å²) in [4.78, 5) is 9.81. The van der Waals surface area contributed by atoms with Crippen LogP contribution >= 0.6 is 0 Å². The van der Waals surface area contributed by atoms with Crippen LogP contribution in [0.2, 0.25) is 0 Å². The summed E-state index contributed by atoms with van der Waals surface area (Å²) in [7, 11) is 0. The lowest BCUT2D eigenvalue weighted by molar-refractivity contribution is -0.387. The first-order valence-electron chi connectivity index (χ1n) is 6.42. The zero-order valence-corrected chi connectivity index (χ0v) is 10.8. The zero-order valence-electron chi connectivity index (χ0n) is 10.8. The van der Waals surface area contributed by atoms with Gasteiger partial charge in [-0.1, -0.05) is 6.92 Å². The van der Waals surface area contributed by atoms with Gasteiger partial charge in [0.1, 0.15) is 0 Å². The van der Waals surface area contributed by atoms with Gasteiger partial charge in [0.15, 0.2) is 0 Å². The highest BCUT2D eigenvalue weighted by Crippen LogP contribution is 2.24. The predicted molar refractivity (Wildman–Crippen MR) is 69.7 cm³/mol. The molecule has 1 N–H and O–H groups in total. The standard InChI is InChI=1S/C13H17FN2O3/c1-2-11-7-10(5-6-19-11)15-9-3-4-13(16(17)18)12(14)8-9/h3-4,8,10-11,15H,2,5-7H2,1H3. The summed E-state index contributed by atoms with van der Waals surface area (Å²) in [6.07, 6.45) is 2.91. The van der Waals surface area contributed by atoms with Crippen molar-refractivity contribution < 1.29 is 14.1 Å². The summed E-state index contributed by atoms with van der Waals surface area (Å²) >= 11 is 0. The van der Waals surface area contributed by atoms with Gasteiger partial charge < -0.3 is 10.1 Å². The van der Waals surface area contributed by atoms with Crippen molar-refractivity contribution in [1.82, 2.24) is 0 Å². The third kappa shape index (κ3) is 3.41. The van der Waals surface area contributed by atoms with E-state index in [1.54, 1.807) is 0 Å². The molecule has 1 saturated heterocycles. The van der Waals surface area contributed by atoms with Crippen LogP contribution in [-0.2, 0) is 4.74 Å². The number of halogens is 1. The average Bonchev–Trinajstić information content (AvgIpc) is 2.38. The lowest BCUT2D eigenvalue weighted by Crippen LogP contribution is -2.33. The molecule has 1 aromatic carbocycles. The molecule has 0 spiro atoms. The Balaban J connectivity index is 2.03. The van der Waals surface area contributed by atoms with Crippen molar-refractivity contribution in [3.63, 3.8) is 0 Å². The Hall–Kier alpha value is -1.69. The van der Waals surface area contributed by atoms with E-state index in [4.69, 9.17) is 4.74 Å². The third-order valence-corrected chi connectivity index (χ3v) is 3.34. The summed E-state index contributed by atoms with van der Waals surface area (Å²) in [5, 5.41) is 13.7. The van der Waals surface area contributed by atoms with Gasteiger partial charge in [-0.05, 0) is 25.3 Å². The van der Waals surface area contributed by atoms with E-state index in [1.165, 1.54) is 18.2 Å². The molecule has 2 atom stereocenters. The summed E-state index contributed by atoms with van der Waals surface area (Å²) < 4.78 is 19.1. The maximum Gasteiger partial charge on any atom is 0.304 e. The Morgan fingerprint density at radius 2 is 2.37 bits per heavy atom. The van der Waals surface area contributed by atoms with Gasteiger partial charge in [-0.2, -0.15) is 4.39 Å². The quantitative estimate of drug-likeness (QED) is 0.673. The molecule has 2 unspecified atom stereocenters. The van der Waals surface area contributed by atoms with E-state index in [-0.39, 0.29) is 12.1 Å². The van der Waals surface area contributed by atoms with Crippen LogP contribution in [0.5, 0.6) is 0 Å². The highest BCUT2D eigenvalue weighted by atomic mass is 19.1. The van der Waals surface area contributed by atoms with Gasteiger partial charge >= 0.3 is 5.69 Å². The minimum atomic E-state index is -0.811.